The van der Waals surface area contributed by atoms with Gasteiger partial charge in [0.15, 0.2) is 5.16 Å². The maximum Gasteiger partial charge on any atom is 0.196 e. The summed E-state index contributed by atoms with van der Waals surface area (Å²) in [6, 6.07) is 6.84. The Labute approximate surface area is 107 Å². The van der Waals surface area contributed by atoms with E-state index in [1.165, 1.54) is 17.8 Å². The molecule has 0 radical (unpaired) electrons. The van der Waals surface area contributed by atoms with Gasteiger partial charge in [-0.25, -0.2) is 9.97 Å². The first-order valence-corrected chi connectivity index (χ1v) is 5.87. The van der Waals surface area contributed by atoms with Crippen LogP contribution in [-0.4, -0.2) is 9.97 Å². The SMILES string of the molecule is Nc1cc(N)nc(Sc2cccc(Cl)c2N)n1. The molecule has 0 spiro atoms. The molecule has 2 aromatic rings. The highest BCUT2D eigenvalue weighted by Crippen LogP contribution is 2.34. The van der Waals surface area contributed by atoms with E-state index >= 15 is 0 Å². The molecule has 0 saturated carbocycles. The minimum atomic E-state index is 0.320. The van der Waals surface area contributed by atoms with Gasteiger partial charge >= 0.3 is 0 Å². The summed E-state index contributed by atoms with van der Waals surface area (Å²) in [5.74, 6) is 0.640. The topological polar surface area (TPSA) is 104 Å². The van der Waals surface area contributed by atoms with Gasteiger partial charge in [-0.2, -0.15) is 0 Å². The van der Waals surface area contributed by atoms with Crippen molar-refractivity contribution in [2.75, 3.05) is 17.2 Å². The lowest BCUT2D eigenvalue weighted by molar-refractivity contribution is 0.985. The lowest BCUT2D eigenvalue weighted by atomic mass is 10.3. The fourth-order valence-corrected chi connectivity index (χ4v) is 2.31. The van der Waals surface area contributed by atoms with Crippen molar-refractivity contribution in [1.82, 2.24) is 9.97 Å². The first-order chi connectivity index (χ1) is 8.06. The molecule has 0 amide bonds. The van der Waals surface area contributed by atoms with Gasteiger partial charge in [0.2, 0.25) is 0 Å². The number of hydrogen-bond donors (Lipinski definition) is 3. The molecule has 0 atom stereocenters. The van der Waals surface area contributed by atoms with Crippen LogP contribution >= 0.6 is 23.4 Å². The number of rotatable bonds is 2. The number of benzene rings is 1. The van der Waals surface area contributed by atoms with Crippen molar-refractivity contribution in [2.24, 2.45) is 0 Å². The molecule has 2 rings (SSSR count). The number of para-hydroxylation sites is 1. The Morgan fingerprint density at radius 2 is 1.71 bits per heavy atom. The molecule has 0 unspecified atom stereocenters. The summed E-state index contributed by atoms with van der Waals surface area (Å²) in [4.78, 5) is 8.87. The minimum absolute atomic E-state index is 0.320. The van der Waals surface area contributed by atoms with E-state index in [1.54, 1.807) is 12.1 Å². The summed E-state index contributed by atoms with van der Waals surface area (Å²) in [7, 11) is 0. The van der Waals surface area contributed by atoms with Crippen molar-refractivity contribution in [3.63, 3.8) is 0 Å². The van der Waals surface area contributed by atoms with Gasteiger partial charge in [0.1, 0.15) is 11.6 Å². The van der Waals surface area contributed by atoms with Gasteiger partial charge < -0.3 is 17.2 Å². The Bertz CT molecular complexity index is 540. The largest absolute Gasteiger partial charge is 0.397 e. The molecule has 1 heterocycles. The molecule has 0 fully saturated rings. The maximum atomic E-state index is 5.91. The predicted molar refractivity (Wildman–Crippen MR) is 70.8 cm³/mol. The number of aromatic nitrogens is 2. The quantitative estimate of drug-likeness (QED) is 0.568. The van der Waals surface area contributed by atoms with E-state index in [4.69, 9.17) is 28.8 Å². The highest BCUT2D eigenvalue weighted by Gasteiger charge is 2.08. The second-order valence-electron chi connectivity index (χ2n) is 3.25. The zero-order valence-corrected chi connectivity index (χ0v) is 10.3. The van der Waals surface area contributed by atoms with Crippen LogP contribution in [0.2, 0.25) is 5.02 Å². The van der Waals surface area contributed by atoms with Gasteiger partial charge in [-0.15, -0.1) is 0 Å². The molecule has 0 bridgehead atoms. The molecule has 1 aromatic carbocycles. The Kier molecular flexibility index (Phi) is 3.26. The first kappa shape index (κ1) is 11.8. The van der Waals surface area contributed by atoms with Crippen LogP contribution in [0.5, 0.6) is 0 Å². The molecular formula is C10H10ClN5S. The molecule has 7 heteroatoms. The van der Waals surface area contributed by atoms with Crippen molar-refractivity contribution in [3.8, 4) is 0 Å². The molecule has 0 aliphatic heterocycles. The van der Waals surface area contributed by atoms with Crippen molar-refractivity contribution in [3.05, 3.63) is 29.3 Å². The molecule has 0 saturated heterocycles. The van der Waals surface area contributed by atoms with Crippen LogP contribution in [0.25, 0.3) is 0 Å². The molecule has 0 aliphatic rings. The van der Waals surface area contributed by atoms with E-state index in [-0.39, 0.29) is 0 Å². The second-order valence-corrected chi connectivity index (χ2v) is 4.67. The maximum absolute atomic E-state index is 5.91. The molecule has 88 valence electrons. The fraction of sp³-hybridized carbons (Fsp3) is 0. The zero-order chi connectivity index (χ0) is 12.4. The minimum Gasteiger partial charge on any atom is -0.397 e. The van der Waals surface area contributed by atoms with E-state index in [0.717, 1.165) is 4.90 Å². The third-order valence-corrected chi connectivity index (χ3v) is 3.23. The monoisotopic (exact) mass is 267 g/mol. The summed E-state index contributed by atoms with van der Waals surface area (Å²) in [6.07, 6.45) is 0. The number of nitrogens with two attached hydrogens (primary N) is 3. The molecule has 1 aromatic heterocycles. The van der Waals surface area contributed by atoms with Gasteiger partial charge in [-0.1, -0.05) is 17.7 Å². The smallest absolute Gasteiger partial charge is 0.196 e. The van der Waals surface area contributed by atoms with Crippen LogP contribution in [0.3, 0.4) is 0 Å². The van der Waals surface area contributed by atoms with Gasteiger partial charge in [0.25, 0.3) is 0 Å². The van der Waals surface area contributed by atoms with E-state index in [2.05, 4.69) is 9.97 Å². The lowest BCUT2D eigenvalue weighted by Gasteiger charge is -2.06. The second kappa shape index (κ2) is 4.68. The van der Waals surface area contributed by atoms with Gasteiger partial charge in [0, 0.05) is 11.0 Å². The van der Waals surface area contributed by atoms with E-state index in [9.17, 15) is 0 Å². The molecule has 5 nitrogen and oxygen atoms in total. The third kappa shape index (κ3) is 2.72. The van der Waals surface area contributed by atoms with Gasteiger partial charge in [-0.3, -0.25) is 0 Å². The van der Waals surface area contributed by atoms with E-state index < -0.39 is 0 Å². The standard InChI is InChI=1S/C10H10ClN5S/c11-5-2-1-3-6(9(5)14)17-10-15-7(12)4-8(13)16-10/h1-4H,14H2,(H4,12,13,15,16). The molecule has 17 heavy (non-hydrogen) atoms. The van der Waals surface area contributed by atoms with Crippen molar-refractivity contribution < 1.29 is 0 Å². The Hall–Kier alpha value is -1.66. The van der Waals surface area contributed by atoms with Crippen LogP contribution in [0.15, 0.2) is 34.3 Å². The first-order valence-electron chi connectivity index (χ1n) is 4.68. The van der Waals surface area contributed by atoms with Gasteiger partial charge in [0.05, 0.1) is 10.7 Å². The van der Waals surface area contributed by atoms with E-state index in [1.807, 2.05) is 6.07 Å². The summed E-state index contributed by atoms with van der Waals surface area (Å²) in [5, 5.41) is 0.934. The third-order valence-electron chi connectivity index (χ3n) is 1.96. The van der Waals surface area contributed by atoms with Crippen molar-refractivity contribution in [1.29, 1.82) is 0 Å². The summed E-state index contributed by atoms with van der Waals surface area (Å²) < 4.78 is 0. The molecular weight excluding hydrogens is 258 g/mol. The normalized spacial score (nSPS) is 10.4. The number of anilines is 3. The van der Waals surface area contributed by atoms with Crippen molar-refractivity contribution >= 4 is 40.7 Å². The average molecular weight is 268 g/mol. The zero-order valence-electron chi connectivity index (χ0n) is 8.72. The summed E-state index contributed by atoms with van der Waals surface area (Å²) in [5.41, 5.74) is 17.5. The Morgan fingerprint density at radius 3 is 2.35 bits per heavy atom. The van der Waals surface area contributed by atoms with Crippen molar-refractivity contribution in [2.45, 2.75) is 10.1 Å². The molecule has 0 aliphatic carbocycles. The van der Waals surface area contributed by atoms with Crippen LogP contribution in [-0.2, 0) is 0 Å². The Balaban J connectivity index is 2.34. The predicted octanol–water partition coefficient (Wildman–Crippen LogP) is 2.03. The van der Waals surface area contributed by atoms with E-state index in [0.29, 0.717) is 27.5 Å². The number of hydrogen-bond acceptors (Lipinski definition) is 6. The molecule has 6 N–H and O–H groups in total. The number of halogens is 1. The van der Waals surface area contributed by atoms with Crippen LogP contribution in [0.1, 0.15) is 0 Å². The van der Waals surface area contributed by atoms with Crippen LogP contribution < -0.4 is 17.2 Å². The summed E-state index contributed by atoms with van der Waals surface area (Å²) in [6.45, 7) is 0. The average Bonchev–Trinajstić information content (AvgIpc) is 2.23. The Morgan fingerprint density at radius 1 is 1.06 bits per heavy atom. The highest BCUT2D eigenvalue weighted by atomic mass is 35.5. The highest BCUT2D eigenvalue weighted by molar-refractivity contribution is 7.99. The fourth-order valence-electron chi connectivity index (χ4n) is 1.21. The lowest BCUT2D eigenvalue weighted by Crippen LogP contribution is -1.99. The van der Waals surface area contributed by atoms with Crippen LogP contribution in [0, 0.1) is 0 Å². The number of nitrogens with zero attached hydrogens (tertiary/aromatic N) is 2. The van der Waals surface area contributed by atoms with Gasteiger partial charge in [-0.05, 0) is 23.9 Å². The number of nitrogen functional groups attached to an aromatic ring is 3. The summed E-state index contributed by atoms with van der Waals surface area (Å²) >= 11 is 7.18. The van der Waals surface area contributed by atoms with Crippen LogP contribution in [0.4, 0.5) is 17.3 Å².